The minimum absolute atomic E-state index is 0.218. The number of halogens is 2. The summed E-state index contributed by atoms with van der Waals surface area (Å²) in [5, 5.41) is 2.35. The van der Waals surface area contributed by atoms with Gasteiger partial charge in [0.1, 0.15) is 17.3 Å². The van der Waals surface area contributed by atoms with Crippen molar-refractivity contribution in [2.75, 3.05) is 44.7 Å². The van der Waals surface area contributed by atoms with Crippen molar-refractivity contribution in [3.63, 3.8) is 0 Å². The van der Waals surface area contributed by atoms with Crippen LogP contribution >= 0.6 is 0 Å². The SMILES string of the molecule is CCOCCN1CCN(C(=O)Nc2c(F)cccc2F)C[C@@H]1CC. The summed E-state index contributed by atoms with van der Waals surface area (Å²) in [6, 6.07) is 3.26. The average molecular weight is 341 g/mol. The highest BCUT2D eigenvalue weighted by molar-refractivity contribution is 5.89. The van der Waals surface area contributed by atoms with Crippen LogP contribution in [-0.4, -0.2) is 61.3 Å². The van der Waals surface area contributed by atoms with E-state index in [0.29, 0.717) is 26.3 Å². The largest absolute Gasteiger partial charge is 0.380 e. The number of ether oxygens (including phenoxy) is 1. The number of urea groups is 1. The predicted octanol–water partition coefficient (Wildman–Crippen LogP) is 2.93. The van der Waals surface area contributed by atoms with Crippen molar-refractivity contribution in [3.8, 4) is 0 Å². The Kier molecular flexibility index (Phi) is 6.93. The van der Waals surface area contributed by atoms with Crippen LogP contribution in [0.4, 0.5) is 19.3 Å². The van der Waals surface area contributed by atoms with Crippen LogP contribution in [0.3, 0.4) is 0 Å². The number of hydrogen-bond acceptors (Lipinski definition) is 3. The van der Waals surface area contributed by atoms with Gasteiger partial charge in [-0.25, -0.2) is 13.6 Å². The van der Waals surface area contributed by atoms with E-state index in [1.807, 2.05) is 6.92 Å². The monoisotopic (exact) mass is 341 g/mol. The molecule has 0 aliphatic carbocycles. The molecule has 1 heterocycles. The van der Waals surface area contributed by atoms with E-state index in [-0.39, 0.29) is 6.04 Å². The first-order chi connectivity index (χ1) is 11.6. The van der Waals surface area contributed by atoms with Gasteiger partial charge in [-0.2, -0.15) is 0 Å². The lowest BCUT2D eigenvalue weighted by atomic mass is 10.1. The van der Waals surface area contributed by atoms with Crippen molar-refractivity contribution in [3.05, 3.63) is 29.8 Å². The number of carbonyl (C=O) groups excluding carboxylic acids is 1. The Morgan fingerprint density at radius 1 is 1.29 bits per heavy atom. The first kappa shape index (κ1) is 18.6. The maximum atomic E-state index is 13.7. The Morgan fingerprint density at radius 3 is 2.62 bits per heavy atom. The number of para-hydroxylation sites is 1. The van der Waals surface area contributed by atoms with Crippen molar-refractivity contribution in [1.82, 2.24) is 9.80 Å². The Morgan fingerprint density at radius 2 is 2.00 bits per heavy atom. The van der Waals surface area contributed by atoms with Gasteiger partial charge in [0.2, 0.25) is 0 Å². The lowest BCUT2D eigenvalue weighted by molar-refractivity contribution is 0.0544. The fourth-order valence-corrected chi connectivity index (χ4v) is 2.89. The fourth-order valence-electron chi connectivity index (χ4n) is 2.89. The molecule has 1 aromatic carbocycles. The molecule has 0 aromatic heterocycles. The maximum absolute atomic E-state index is 13.7. The second-order valence-corrected chi connectivity index (χ2v) is 5.77. The van der Waals surface area contributed by atoms with Crippen molar-refractivity contribution in [2.24, 2.45) is 0 Å². The molecule has 0 spiro atoms. The minimum Gasteiger partial charge on any atom is -0.380 e. The first-order valence-electron chi connectivity index (χ1n) is 8.38. The van der Waals surface area contributed by atoms with Crippen LogP contribution in [-0.2, 0) is 4.74 Å². The predicted molar refractivity (Wildman–Crippen MR) is 89.1 cm³/mol. The van der Waals surface area contributed by atoms with Gasteiger partial charge in [0.15, 0.2) is 0 Å². The van der Waals surface area contributed by atoms with Gasteiger partial charge < -0.3 is 15.0 Å². The Bertz CT molecular complexity index is 536. The number of benzene rings is 1. The molecule has 24 heavy (non-hydrogen) atoms. The smallest absolute Gasteiger partial charge is 0.322 e. The molecule has 1 N–H and O–H groups in total. The van der Waals surface area contributed by atoms with Crippen LogP contribution < -0.4 is 5.32 Å². The standard InChI is InChI=1S/C17H25F2N3O2/c1-3-13-12-22(9-8-21(13)10-11-24-4-2)17(23)20-16-14(18)6-5-7-15(16)19/h5-7,13H,3-4,8-12H2,1-2H3,(H,20,23)/t13-/m0/s1. The van der Waals surface area contributed by atoms with Crippen molar-refractivity contribution >= 4 is 11.7 Å². The van der Waals surface area contributed by atoms with E-state index in [9.17, 15) is 13.6 Å². The summed E-state index contributed by atoms with van der Waals surface area (Å²) < 4.78 is 32.7. The molecule has 1 atom stereocenters. The summed E-state index contributed by atoms with van der Waals surface area (Å²) in [6.07, 6.45) is 0.893. The van der Waals surface area contributed by atoms with Gasteiger partial charge in [-0.15, -0.1) is 0 Å². The van der Waals surface area contributed by atoms with Gasteiger partial charge in [0.25, 0.3) is 0 Å². The molecular formula is C17H25F2N3O2. The van der Waals surface area contributed by atoms with E-state index < -0.39 is 23.4 Å². The second-order valence-electron chi connectivity index (χ2n) is 5.77. The summed E-state index contributed by atoms with van der Waals surface area (Å²) >= 11 is 0. The number of anilines is 1. The fraction of sp³-hybridized carbons (Fsp3) is 0.588. The molecule has 134 valence electrons. The average Bonchev–Trinajstić information content (AvgIpc) is 2.58. The third kappa shape index (κ3) is 4.64. The number of nitrogens with one attached hydrogen (secondary N) is 1. The van der Waals surface area contributed by atoms with Crippen molar-refractivity contribution in [2.45, 2.75) is 26.3 Å². The van der Waals surface area contributed by atoms with Crippen LogP contribution in [0.1, 0.15) is 20.3 Å². The first-order valence-corrected chi connectivity index (χ1v) is 8.38. The Labute approximate surface area is 141 Å². The lowest BCUT2D eigenvalue weighted by Crippen LogP contribution is -2.56. The molecule has 0 radical (unpaired) electrons. The molecular weight excluding hydrogens is 316 g/mol. The molecule has 5 nitrogen and oxygen atoms in total. The molecule has 1 fully saturated rings. The molecule has 2 rings (SSSR count). The minimum atomic E-state index is -0.772. The molecule has 2 amide bonds. The van der Waals surface area contributed by atoms with Crippen LogP contribution in [0.15, 0.2) is 18.2 Å². The van der Waals surface area contributed by atoms with Gasteiger partial charge in [0, 0.05) is 38.8 Å². The van der Waals surface area contributed by atoms with Crippen LogP contribution in [0, 0.1) is 11.6 Å². The van der Waals surface area contributed by atoms with E-state index in [4.69, 9.17) is 4.74 Å². The zero-order valence-corrected chi connectivity index (χ0v) is 14.2. The van der Waals surface area contributed by atoms with Gasteiger partial charge in [-0.3, -0.25) is 4.90 Å². The van der Waals surface area contributed by atoms with Gasteiger partial charge >= 0.3 is 6.03 Å². The molecule has 1 aromatic rings. The maximum Gasteiger partial charge on any atom is 0.322 e. The normalized spacial score (nSPS) is 18.7. The molecule has 1 saturated heterocycles. The Balaban J connectivity index is 1.94. The molecule has 1 aliphatic heterocycles. The van der Waals surface area contributed by atoms with E-state index in [1.54, 1.807) is 4.90 Å². The molecule has 0 unspecified atom stereocenters. The van der Waals surface area contributed by atoms with Gasteiger partial charge in [-0.05, 0) is 25.5 Å². The summed E-state index contributed by atoms with van der Waals surface area (Å²) in [7, 11) is 0. The third-order valence-corrected chi connectivity index (χ3v) is 4.28. The van der Waals surface area contributed by atoms with Crippen LogP contribution in [0.5, 0.6) is 0 Å². The van der Waals surface area contributed by atoms with E-state index in [2.05, 4.69) is 17.1 Å². The quantitative estimate of drug-likeness (QED) is 0.809. The number of hydrogen-bond donors (Lipinski definition) is 1. The topological polar surface area (TPSA) is 44.8 Å². The van der Waals surface area contributed by atoms with E-state index in [1.165, 1.54) is 6.07 Å². The molecule has 1 aliphatic rings. The van der Waals surface area contributed by atoms with Crippen LogP contribution in [0.2, 0.25) is 0 Å². The summed E-state index contributed by atoms with van der Waals surface area (Å²) in [6.45, 7) is 7.97. The number of rotatable bonds is 6. The van der Waals surface area contributed by atoms with Crippen molar-refractivity contribution < 1.29 is 18.3 Å². The molecule has 0 bridgehead atoms. The van der Waals surface area contributed by atoms with Crippen LogP contribution in [0.25, 0.3) is 0 Å². The summed E-state index contributed by atoms with van der Waals surface area (Å²) in [5.41, 5.74) is -0.394. The number of piperazine rings is 1. The second kappa shape index (κ2) is 8.94. The van der Waals surface area contributed by atoms with Gasteiger partial charge in [0.05, 0.1) is 6.61 Å². The van der Waals surface area contributed by atoms with E-state index >= 15 is 0 Å². The number of amides is 2. The van der Waals surface area contributed by atoms with Crippen molar-refractivity contribution in [1.29, 1.82) is 0 Å². The lowest BCUT2D eigenvalue weighted by Gasteiger charge is -2.41. The molecule has 7 heteroatoms. The Hall–Kier alpha value is -1.73. The highest BCUT2D eigenvalue weighted by Gasteiger charge is 2.28. The highest BCUT2D eigenvalue weighted by atomic mass is 19.1. The highest BCUT2D eigenvalue weighted by Crippen LogP contribution is 2.20. The summed E-state index contributed by atoms with van der Waals surface area (Å²) in [5.74, 6) is -1.54. The zero-order chi connectivity index (χ0) is 17.5. The zero-order valence-electron chi connectivity index (χ0n) is 14.2. The number of carbonyl (C=O) groups is 1. The van der Waals surface area contributed by atoms with E-state index in [0.717, 1.165) is 31.6 Å². The van der Waals surface area contributed by atoms with Gasteiger partial charge in [-0.1, -0.05) is 13.0 Å². The summed E-state index contributed by atoms with van der Waals surface area (Å²) in [4.78, 5) is 16.2. The third-order valence-electron chi connectivity index (χ3n) is 4.28. The molecule has 0 saturated carbocycles. The number of nitrogens with zero attached hydrogens (tertiary/aromatic N) is 2.